The molecule has 2 aromatic heterocycles. The molecule has 186 valence electrons. The number of aryl methyl sites for hydroxylation is 1. The number of fused-ring (bicyclic) bond motifs is 1. The van der Waals surface area contributed by atoms with Crippen molar-refractivity contribution in [2.45, 2.75) is 44.9 Å². The fraction of sp³-hybridized carbons (Fsp3) is 0.346. The van der Waals surface area contributed by atoms with Crippen LogP contribution < -0.4 is 4.90 Å². The number of aliphatic carboxylic acids is 1. The predicted octanol–water partition coefficient (Wildman–Crippen LogP) is 4.92. The van der Waals surface area contributed by atoms with Gasteiger partial charge in [-0.05, 0) is 48.6 Å². The van der Waals surface area contributed by atoms with Crippen molar-refractivity contribution in [2.75, 3.05) is 18.0 Å². The molecule has 2 aromatic carbocycles. The van der Waals surface area contributed by atoms with Crippen molar-refractivity contribution >= 4 is 22.7 Å². The second-order valence-corrected chi connectivity index (χ2v) is 8.98. The number of aromatic nitrogens is 4. The Labute approximate surface area is 206 Å². The van der Waals surface area contributed by atoms with Crippen LogP contribution in [-0.2, 0) is 17.6 Å². The Hall–Kier alpha value is -3.95. The summed E-state index contributed by atoms with van der Waals surface area (Å²) in [5.74, 6) is -0.0922. The fourth-order valence-corrected chi connectivity index (χ4v) is 4.71. The van der Waals surface area contributed by atoms with Gasteiger partial charge in [0, 0.05) is 36.4 Å². The Morgan fingerprint density at radius 1 is 1.17 bits per heavy atom. The predicted molar refractivity (Wildman–Crippen MR) is 129 cm³/mol. The van der Waals surface area contributed by atoms with E-state index in [9.17, 15) is 13.6 Å². The van der Waals surface area contributed by atoms with E-state index in [1.54, 1.807) is 6.07 Å². The molecule has 1 aliphatic rings. The number of anilines is 1. The lowest BCUT2D eigenvalue weighted by Gasteiger charge is -2.32. The number of hydrogen-bond donors (Lipinski definition) is 1. The lowest BCUT2D eigenvalue weighted by Crippen LogP contribution is -2.34. The van der Waals surface area contributed by atoms with Gasteiger partial charge in [0.05, 0.1) is 11.9 Å². The van der Waals surface area contributed by atoms with Crippen LogP contribution in [0.1, 0.15) is 49.4 Å². The van der Waals surface area contributed by atoms with Gasteiger partial charge in [0.25, 0.3) is 0 Å². The van der Waals surface area contributed by atoms with Crippen LogP contribution in [0.15, 0.2) is 41.2 Å². The van der Waals surface area contributed by atoms with Crippen LogP contribution in [0.2, 0.25) is 0 Å². The van der Waals surface area contributed by atoms with Crippen LogP contribution in [0.25, 0.3) is 22.0 Å². The number of benzene rings is 2. The number of piperidine rings is 1. The van der Waals surface area contributed by atoms with E-state index in [-0.39, 0.29) is 11.5 Å². The molecule has 1 aliphatic heterocycles. The summed E-state index contributed by atoms with van der Waals surface area (Å²) in [6.45, 7) is 3.42. The molecule has 0 saturated carbocycles. The van der Waals surface area contributed by atoms with E-state index in [1.165, 1.54) is 30.6 Å². The standard InChI is InChI=1S/C26H25F2N5O3/c1-2-3-22-31-25(32-36-22)15-6-8-33(9-7-15)26-20-13-18(27)12-19(24(20)29-14-30-26)16-4-5-17(11-23(34)35)21(28)10-16/h4-5,10,12-15H,2-3,6-9,11H2,1H3,(H,34,35). The molecule has 0 spiro atoms. The van der Waals surface area contributed by atoms with Gasteiger partial charge in [-0.3, -0.25) is 4.79 Å². The van der Waals surface area contributed by atoms with Gasteiger partial charge in [0.1, 0.15) is 23.8 Å². The Balaban J connectivity index is 1.43. The van der Waals surface area contributed by atoms with Gasteiger partial charge >= 0.3 is 5.97 Å². The van der Waals surface area contributed by atoms with Crippen LogP contribution in [0.3, 0.4) is 0 Å². The van der Waals surface area contributed by atoms with Crippen LogP contribution >= 0.6 is 0 Å². The molecule has 0 radical (unpaired) electrons. The number of halogens is 2. The Kier molecular flexibility index (Phi) is 6.58. The molecule has 4 aromatic rings. The zero-order valence-corrected chi connectivity index (χ0v) is 19.7. The first-order valence-electron chi connectivity index (χ1n) is 11.9. The molecule has 5 rings (SSSR count). The zero-order chi connectivity index (χ0) is 25.2. The minimum atomic E-state index is -1.13. The largest absolute Gasteiger partial charge is 0.481 e. The summed E-state index contributed by atoms with van der Waals surface area (Å²) in [7, 11) is 0. The molecule has 0 amide bonds. The van der Waals surface area contributed by atoms with Crippen molar-refractivity contribution in [1.82, 2.24) is 20.1 Å². The molecule has 0 unspecified atom stereocenters. The maximum absolute atomic E-state index is 14.8. The third-order valence-corrected chi connectivity index (χ3v) is 6.50. The average Bonchev–Trinajstić information content (AvgIpc) is 3.33. The number of rotatable bonds is 7. The highest BCUT2D eigenvalue weighted by atomic mass is 19.1. The van der Waals surface area contributed by atoms with Gasteiger partial charge in [-0.15, -0.1) is 0 Å². The Bertz CT molecular complexity index is 1420. The summed E-state index contributed by atoms with van der Waals surface area (Å²) in [5.41, 5.74) is 1.39. The van der Waals surface area contributed by atoms with E-state index in [0.29, 0.717) is 46.8 Å². The van der Waals surface area contributed by atoms with E-state index in [2.05, 4.69) is 31.9 Å². The third-order valence-electron chi connectivity index (χ3n) is 6.50. The van der Waals surface area contributed by atoms with E-state index < -0.39 is 24.0 Å². The maximum atomic E-state index is 14.8. The van der Waals surface area contributed by atoms with Crippen LogP contribution in [0.5, 0.6) is 0 Å². The van der Waals surface area contributed by atoms with E-state index in [4.69, 9.17) is 9.63 Å². The Morgan fingerprint density at radius 3 is 2.69 bits per heavy atom. The Morgan fingerprint density at radius 2 is 1.97 bits per heavy atom. The number of nitrogens with zero attached hydrogens (tertiary/aromatic N) is 5. The number of carboxylic acid groups (broad SMARTS) is 1. The molecule has 3 heterocycles. The zero-order valence-electron chi connectivity index (χ0n) is 19.7. The van der Waals surface area contributed by atoms with Crippen molar-refractivity contribution in [3.63, 3.8) is 0 Å². The topological polar surface area (TPSA) is 105 Å². The fourth-order valence-electron chi connectivity index (χ4n) is 4.71. The number of carboxylic acids is 1. The summed E-state index contributed by atoms with van der Waals surface area (Å²) in [6.07, 6.45) is 4.31. The maximum Gasteiger partial charge on any atom is 0.307 e. The first-order chi connectivity index (χ1) is 17.4. The second kappa shape index (κ2) is 9.96. The molecule has 0 bridgehead atoms. The minimum Gasteiger partial charge on any atom is -0.481 e. The van der Waals surface area contributed by atoms with Gasteiger partial charge in [-0.25, -0.2) is 18.7 Å². The van der Waals surface area contributed by atoms with E-state index in [1.807, 2.05) is 0 Å². The minimum absolute atomic E-state index is 0.0635. The van der Waals surface area contributed by atoms with Gasteiger partial charge in [0.2, 0.25) is 5.89 Å². The normalized spacial score (nSPS) is 14.5. The van der Waals surface area contributed by atoms with Crippen molar-refractivity contribution in [3.8, 4) is 11.1 Å². The lowest BCUT2D eigenvalue weighted by atomic mass is 9.95. The summed E-state index contributed by atoms with van der Waals surface area (Å²) >= 11 is 0. The summed E-state index contributed by atoms with van der Waals surface area (Å²) < 4.78 is 34.7. The first kappa shape index (κ1) is 23.8. The molecule has 1 fully saturated rings. The van der Waals surface area contributed by atoms with Gasteiger partial charge in [-0.2, -0.15) is 4.98 Å². The molecule has 0 aliphatic carbocycles. The van der Waals surface area contributed by atoms with Crippen LogP contribution in [-0.4, -0.2) is 44.3 Å². The molecule has 10 heteroatoms. The summed E-state index contributed by atoms with van der Waals surface area (Å²) in [6, 6.07) is 6.91. The molecule has 0 atom stereocenters. The van der Waals surface area contributed by atoms with Gasteiger partial charge in [-0.1, -0.05) is 24.2 Å². The SMILES string of the molecule is CCCc1nc(C2CCN(c3ncnc4c(-c5ccc(CC(=O)O)c(F)c5)cc(F)cc34)CC2)no1. The van der Waals surface area contributed by atoms with Gasteiger partial charge in [0.15, 0.2) is 5.82 Å². The monoisotopic (exact) mass is 493 g/mol. The molecule has 1 saturated heterocycles. The highest BCUT2D eigenvalue weighted by Crippen LogP contribution is 2.35. The molecule has 36 heavy (non-hydrogen) atoms. The molecular formula is C26H25F2N5O3. The molecule has 8 nitrogen and oxygen atoms in total. The quantitative estimate of drug-likeness (QED) is 0.387. The lowest BCUT2D eigenvalue weighted by molar-refractivity contribution is -0.136. The van der Waals surface area contributed by atoms with Crippen molar-refractivity contribution < 1.29 is 23.2 Å². The van der Waals surface area contributed by atoms with E-state index in [0.717, 1.165) is 31.5 Å². The van der Waals surface area contributed by atoms with Crippen molar-refractivity contribution in [1.29, 1.82) is 0 Å². The van der Waals surface area contributed by atoms with E-state index >= 15 is 0 Å². The average molecular weight is 494 g/mol. The van der Waals surface area contributed by atoms with Crippen LogP contribution in [0, 0.1) is 11.6 Å². The second-order valence-electron chi connectivity index (χ2n) is 8.98. The first-order valence-corrected chi connectivity index (χ1v) is 11.9. The highest BCUT2D eigenvalue weighted by molar-refractivity contribution is 5.99. The summed E-state index contributed by atoms with van der Waals surface area (Å²) in [5, 5.41) is 13.6. The van der Waals surface area contributed by atoms with Crippen molar-refractivity contribution in [2.24, 2.45) is 0 Å². The number of carbonyl (C=O) groups is 1. The highest BCUT2D eigenvalue weighted by Gasteiger charge is 2.27. The smallest absolute Gasteiger partial charge is 0.307 e. The van der Waals surface area contributed by atoms with Gasteiger partial charge < -0.3 is 14.5 Å². The van der Waals surface area contributed by atoms with Crippen molar-refractivity contribution in [3.05, 3.63) is 65.6 Å². The number of hydrogen-bond acceptors (Lipinski definition) is 7. The summed E-state index contributed by atoms with van der Waals surface area (Å²) in [4.78, 5) is 26.4. The van der Waals surface area contributed by atoms with Crippen LogP contribution in [0.4, 0.5) is 14.6 Å². The molecule has 1 N–H and O–H groups in total. The molecular weight excluding hydrogens is 468 g/mol. The third kappa shape index (κ3) is 4.75.